The summed E-state index contributed by atoms with van der Waals surface area (Å²) in [5, 5.41) is 20.8. The van der Waals surface area contributed by atoms with E-state index in [0.29, 0.717) is 0 Å². The maximum Gasteiger partial charge on any atom is 0.0654 e. The highest BCUT2D eigenvalue weighted by molar-refractivity contribution is 5.01. The summed E-state index contributed by atoms with van der Waals surface area (Å²) in [7, 11) is 0. The van der Waals surface area contributed by atoms with Crippen molar-refractivity contribution in [1.29, 1.82) is 0 Å². The van der Waals surface area contributed by atoms with E-state index >= 15 is 0 Å². The van der Waals surface area contributed by atoms with Crippen LogP contribution in [-0.2, 0) is 0 Å². The van der Waals surface area contributed by atoms with E-state index < -0.39 is 11.2 Å². The topological polar surface area (TPSA) is 40.5 Å². The van der Waals surface area contributed by atoms with Gasteiger partial charge in [0.2, 0.25) is 0 Å². The molecule has 0 radical (unpaired) electrons. The minimum Gasteiger partial charge on any atom is -0.390 e. The molecule has 2 heteroatoms. The molecule has 1 aliphatic rings. The van der Waals surface area contributed by atoms with Crippen LogP contribution in [0.1, 0.15) is 60.3 Å². The highest BCUT2D eigenvalue weighted by atomic mass is 16.3. The minimum atomic E-state index is -0.661. The fourth-order valence-corrected chi connectivity index (χ4v) is 3.05. The van der Waals surface area contributed by atoms with Gasteiger partial charge in [0.05, 0.1) is 11.2 Å². The second kappa shape index (κ2) is 5.11. The third-order valence-corrected chi connectivity index (χ3v) is 4.55. The summed E-state index contributed by atoms with van der Waals surface area (Å²) in [5.74, 6) is 0.382. The largest absolute Gasteiger partial charge is 0.390 e. The molecule has 0 aromatic carbocycles. The van der Waals surface area contributed by atoms with Gasteiger partial charge in [-0.15, -0.1) is 0 Å². The molecule has 0 spiro atoms. The van der Waals surface area contributed by atoms with Crippen LogP contribution >= 0.6 is 0 Å². The Balaban J connectivity index is 2.62. The van der Waals surface area contributed by atoms with Crippen LogP contribution in [0, 0.1) is 11.8 Å². The van der Waals surface area contributed by atoms with Crippen LogP contribution < -0.4 is 0 Å². The quantitative estimate of drug-likeness (QED) is 0.740. The van der Waals surface area contributed by atoms with E-state index in [0.717, 1.165) is 25.7 Å². The highest BCUT2D eigenvalue weighted by Gasteiger charge is 2.47. The van der Waals surface area contributed by atoms with Gasteiger partial charge < -0.3 is 10.2 Å². The van der Waals surface area contributed by atoms with E-state index in [9.17, 15) is 10.2 Å². The van der Waals surface area contributed by atoms with Crippen LogP contribution in [0.25, 0.3) is 0 Å². The Morgan fingerprint density at radius 2 is 2.06 bits per heavy atom. The minimum absolute atomic E-state index is 0.171. The second-order valence-corrected chi connectivity index (χ2v) is 6.47. The molecule has 100 valence electrons. The zero-order valence-electron chi connectivity index (χ0n) is 12.0. The number of aliphatic hydroxyl groups is 2. The molecule has 2 nitrogen and oxygen atoms in total. The van der Waals surface area contributed by atoms with Gasteiger partial charge in [0.25, 0.3) is 0 Å². The van der Waals surface area contributed by atoms with E-state index in [1.54, 1.807) is 0 Å². The first kappa shape index (κ1) is 14.7. The van der Waals surface area contributed by atoms with Crippen LogP contribution in [-0.4, -0.2) is 21.4 Å². The first-order valence-corrected chi connectivity index (χ1v) is 6.75. The van der Waals surface area contributed by atoms with Crippen molar-refractivity contribution in [2.75, 3.05) is 0 Å². The lowest BCUT2D eigenvalue weighted by atomic mass is 9.76. The lowest BCUT2D eigenvalue weighted by molar-refractivity contribution is -0.0540. The summed E-state index contributed by atoms with van der Waals surface area (Å²) in [6.07, 6.45) is 5.60. The SMILES string of the molecule is CC(C)=CCC[C@@](C)(O)C1CC[C@@](C)(O)[C@H]1C. The maximum absolute atomic E-state index is 10.6. The summed E-state index contributed by atoms with van der Waals surface area (Å²) >= 11 is 0. The normalized spacial score (nSPS) is 36.6. The molecule has 0 bridgehead atoms. The van der Waals surface area contributed by atoms with E-state index in [4.69, 9.17) is 0 Å². The first-order valence-electron chi connectivity index (χ1n) is 6.75. The predicted octanol–water partition coefficient (Wildman–Crippen LogP) is 3.28. The highest BCUT2D eigenvalue weighted by Crippen LogP contribution is 2.46. The molecule has 0 aromatic heterocycles. The summed E-state index contributed by atoms with van der Waals surface area (Å²) in [6, 6.07) is 0. The van der Waals surface area contributed by atoms with Gasteiger partial charge in [-0.3, -0.25) is 0 Å². The van der Waals surface area contributed by atoms with Gasteiger partial charge in [-0.25, -0.2) is 0 Å². The molecule has 1 fully saturated rings. The fourth-order valence-electron chi connectivity index (χ4n) is 3.05. The molecule has 0 aliphatic heterocycles. The molecule has 0 amide bonds. The van der Waals surface area contributed by atoms with Gasteiger partial charge in [0, 0.05) is 0 Å². The number of hydrogen-bond acceptors (Lipinski definition) is 2. The zero-order chi connectivity index (χ0) is 13.3. The van der Waals surface area contributed by atoms with Gasteiger partial charge in [-0.2, -0.15) is 0 Å². The van der Waals surface area contributed by atoms with Crippen molar-refractivity contribution >= 4 is 0 Å². The van der Waals surface area contributed by atoms with Crippen LogP contribution in [0.2, 0.25) is 0 Å². The summed E-state index contributed by atoms with van der Waals surface area (Å²) in [5.41, 5.74) is 0.0316. The van der Waals surface area contributed by atoms with Gasteiger partial charge in [0.1, 0.15) is 0 Å². The molecule has 1 aliphatic carbocycles. The van der Waals surface area contributed by atoms with Crippen molar-refractivity contribution in [3.63, 3.8) is 0 Å². The van der Waals surface area contributed by atoms with Crippen LogP contribution in [0.5, 0.6) is 0 Å². The van der Waals surface area contributed by atoms with Crippen LogP contribution in [0.4, 0.5) is 0 Å². The van der Waals surface area contributed by atoms with Crippen molar-refractivity contribution in [3.05, 3.63) is 11.6 Å². The molecular formula is C15H28O2. The molecule has 0 saturated heterocycles. The van der Waals surface area contributed by atoms with Gasteiger partial charge in [0.15, 0.2) is 0 Å². The Morgan fingerprint density at radius 3 is 2.47 bits per heavy atom. The fraction of sp³-hybridized carbons (Fsp3) is 0.867. The Morgan fingerprint density at radius 1 is 1.47 bits per heavy atom. The van der Waals surface area contributed by atoms with E-state index in [1.807, 2.05) is 13.8 Å². The molecule has 0 aromatic rings. The smallest absolute Gasteiger partial charge is 0.0654 e. The van der Waals surface area contributed by atoms with Crippen molar-refractivity contribution in [1.82, 2.24) is 0 Å². The third-order valence-electron chi connectivity index (χ3n) is 4.55. The van der Waals surface area contributed by atoms with Crippen molar-refractivity contribution in [2.24, 2.45) is 11.8 Å². The van der Waals surface area contributed by atoms with Crippen molar-refractivity contribution in [2.45, 2.75) is 71.5 Å². The number of hydrogen-bond donors (Lipinski definition) is 2. The summed E-state index contributed by atoms with van der Waals surface area (Å²) in [6.45, 7) is 10.0. The van der Waals surface area contributed by atoms with Crippen molar-refractivity contribution < 1.29 is 10.2 Å². The number of rotatable bonds is 4. The molecule has 0 heterocycles. The van der Waals surface area contributed by atoms with Crippen LogP contribution in [0.15, 0.2) is 11.6 Å². The van der Waals surface area contributed by atoms with Gasteiger partial charge in [-0.05, 0) is 65.2 Å². The van der Waals surface area contributed by atoms with E-state index in [2.05, 4.69) is 26.8 Å². The third kappa shape index (κ3) is 3.56. The average Bonchev–Trinajstić information content (AvgIpc) is 2.41. The Bertz CT molecular complexity index is 285. The van der Waals surface area contributed by atoms with E-state index in [-0.39, 0.29) is 11.8 Å². The van der Waals surface area contributed by atoms with Crippen molar-refractivity contribution in [3.8, 4) is 0 Å². The van der Waals surface area contributed by atoms with Gasteiger partial charge in [-0.1, -0.05) is 18.6 Å². The number of allylic oxidation sites excluding steroid dienone is 2. The van der Waals surface area contributed by atoms with E-state index in [1.165, 1.54) is 5.57 Å². The molecule has 1 saturated carbocycles. The lowest BCUT2D eigenvalue weighted by Crippen LogP contribution is -2.40. The Kier molecular flexibility index (Phi) is 4.43. The van der Waals surface area contributed by atoms with Crippen LogP contribution in [0.3, 0.4) is 0 Å². The maximum atomic E-state index is 10.6. The lowest BCUT2D eigenvalue weighted by Gasteiger charge is -2.35. The zero-order valence-corrected chi connectivity index (χ0v) is 12.0. The molecule has 1 unspecified atom stereocenters. The first-order chi connectivity index (χ1) is 7.67. The summed E-state index contributed by atoms with van der Waals surface area (Å²) in [4.78, 5) is 0. The molecule has 2 N–H and O–H groups in total. The molecule has 4 atom stereocenters. The Hall–Kier alpha value is -0.340. The monoisotopic (exact) mass is 240 g/mol. The average molecular weight is 240 g/mol. The molecular weight excluding hydrogens is 212 g/mol. The predicted molar refractivity (Wildman–Crippen MR) is 71.8 cm³/mol. The summed E-state index contributed by atoms with van der Waals surface area (Å²) < 4.78 is 0. The second-order valence-electron chi connectivity index (χ2n) is 6.47. The molecule has 17 heavy (non-hydrogen) atoms. The molecule has 1 rings (SSSR count). The van der Waals surface area contributed by atoms with Gasteiger partial charge >= 0.3 is 0 Å². The standard InChI is InChI=1S/C15H28O2/c1-11(2)7-6-9-15(5,17)13-8-10-14(4,16)12(13)3/h7,12-13,16-17H,6,8-10H2,1-5H3/t12-,13?,14+,15+/m0/s1. The Labute approximate surface area is 106 Å².